The quantitative estimate of drug-likeness (QED) is 0.799. The van der Waals surface area contributed by atoms with E-state index in [1.165, 1.54) is 11.3 Å². The number of nitrogens with one attached hydrogen (secondary N) is 1. The number of ether oxygens (including phenoxy) is 1. The summed E-state index contributed by atoms with van der Waals surface area (Å²) in [7, 11) is 0. The molecule has 1 saturated heterocycles. The summed E-state index contributed by atoms with van der Waals surface area (Å²) in [6.45, 7) is 1.30. The Balaban J connectivity index is 1.74. The van der Waals surface area contributed by atoms with Crippen LogP contribution in [0, 0.1) is 0 Å². The Morgan fingerprint density at radius 3 is 3.05 bits per heavy atom. The Labute approximate surface area is 114 Å². The van der Waals surface area contributed by atoms with Crippen LogP contribution in [-0.4, -0.2) is 41.2 Å². The molecule has 2 heterocycles. The molecule has 1 amide bonds. The summed E-state index contributed by atoms with van der Waals surface area (Å²) in [6, 6.07) is 0. The highest BCUT2D eigenvalue weighted by Gasteiger charge is 2.16. The lowest BCUT2D eigenvalue weighted by Crippen LogP contribution is -2.32. The average Bonchev–Trinajstić information content (AvgIpc) is 2.97. The van der Waals surface area contributed by atoms with Gasteiger partial charge in [-0.3, -0.25) is 9.59 Å². The van der Waals surface area contributed by atoms with Crippen LogP contribution in [0.3, 0.4) is 0 Å². The summed E-state index contributed by atoms with van der Waals surface area (Å²) in [5.41, 5.74) is 0.499. The molecule has 19 heavy (non-hydrogen) atoms. The Morgan fingerprint density at radius 1 is 1.53 bits per heavy atom. The Morgan fingerprint density at radius 2 is 2.37 bits per heavy atom. The van der Waals surface area contributed by atoms with Crippen LogP contribution in [0.4, 0.5) is 0 Å². The number of amides is 1. The van der Waals surface area contributed by atoms with Crippen LogP contribution in [0.2, 0.25) is 0 Å². The van der Waals surface area contributed by atoms with E-state index in [1.807, 2.05) is 0 Å². The van der Waals surface area contributed by atoms with Crippen molar-refractivity contribution < 1.29 is 19.4 Å². The molecular formula is C12H16N2O4S. The van der Waals surface area contributed by atoms with Crippen LogP contribution >= 0.6 is 11.3 Å². The van der Waals surface area contributed by atoms with Gasteiger partial charge in [0.25, 0.3) is 0 Å². The summed E-state index contributed by atoms with van der Waals surface area (Å²) >= 11 is 1.31. The number of thiazole rings is 1. The zero-order valence-corrected chi connectivity index (χ0v) is 11.2. The van der Waals surface area contributed by atoms with Crippen molar-refractivity contribution in [2.24, 2.45) is 0 Å². The fourth-order valence-corrected chi connectivity index (χ4v) is 2.69. The summed E-state index contributed by atoms with van der Waals surface area (Å²) in [5.74, 6) is -1.02. The van der Waals surface area contributed by atoms with E-state index in [2.05, 4.69) is 10.3 Å². The summed E-state index contributed by atoms with van der Waals surface area (Å²) in [5, 5.41) is 13.8. The maximum Gasteiger partial charge on any atom is 0.309 e. The van der Waals surface area contributed by atoms with Crippen molar-refractivity contribution >= 4 is 23.2 Å². The minimum atomic E-state index is -0.917. The lowest BCUT2D eigenvalue weighted by Gasteiger charge is -2.09. The minimum Gasteiger partial charge on any atom is -0.481 e. The van der Waals surface area contributed by atoms with E-state index in [0.29, 0.717) is 17.2 Å². The molecule has 0 radical (unpaired) electrons. The number of nitrogens with zero attached hydrogens (tertiary/aromatic N) is 1. The first-order chi connectivity index (χ1) is 9.13. The molecule has 1 fully saturated rings. The van der Waals surface area contributed by atoms with Crippen molar-refractivity contribution in [1.82, 2.24) is 10.3 Å². The van der Waals surface area contributed by atoms with E-state index < -0.39 is 5.97 Å². The molecule has 0 bridgehead atoms. The summed E-state index contributed by atoms with van der Waals surface area (Å²) in [4.78, 5) is 26.3. The van der Waals surface area contributed by atoms with Crippen molar-refractivity contribution in [3.05, 3.63) is 16.1 Å². The second-order valence-corrected chi connectivity index (χ2v) is 5.36. The van der Waals surface area contributed by atoms with E-state index in [0.717, 1.165) is 19.4 Å². The molecule has 0 aliphatic carbocycles. The van der Waals surface area contributed by atoms with E-state index in [9.17, 15) is 9.59 Å². The molecule has 1 aliphatic heterocycles. The third kappa shape index (κ3) is 4.60. The number of aromatic nitrogens is 1. The number of carbonyl (C=O) groups is 2. The Bertz CT molecular complexity index is 454. The first-order valence-electron chi connectivity index (χ1n) is 6.17. The van der Waals surface area contributed by atoms with Crippen LogP contribution in [0.5, 0.6) is 0 Å². The number of rotatable bonds is 6. The van der Waals surface area contributed by atoms with E-state index in [-0.39, 0.29) is 24.9 Å². The number of carboxylic acids is 1. The third-order valence-corrected chi connectivity index (χ3v) is 3.69. The van der Waals surface area contributed by atoms with E-state index in [1.54, 1.807) is 5.38 Å². The first kappa shape index (κ1) is 14.0. The van der Waals surface area contributed by atoms with Crippen LogP contribution in [-0.2, 0) is 27.2 Å². The van der Waals surface area contributed by atoms with Gasteiger partial charge in [0.1, 0.15) is 5.01 Å². The number of carboxylic acid groups (broad SMARTS) is 1. The average molecular weight is 284 g/mol. The van der Waals surface area contributed by atoms with Crippen molar-refractivity contribution in [2.75, 3.05) is 13.2 Å². The third-order valence-electron chi connectivity index (χ3n) is 2.79. The summed E-state index contributed by atoms with van der Waals surface area (Å²) in [6.07, 6.45) is 2.25. The smallest absolute Gasteiger partial charge is 0.309 e. The molecule has 1 unspecified atom stereocenters. The van der Waals surface area contributed by atoms with Gasteiger partial charge < -0.3 is 15.2 Å². The highest BCUT2D eigenvalue weighted by Crippen LogP contribution is 2.12. The highest BCUT2D eigenvalue weighted by molar-refractivity contribution is 7.09. The number of aliphatic carboxylic acids is 1. The number of hydrogen-bond donors (Lipinski definition) is 2. The minimum absolute atomic E-state index is 0.103. The molecule has 104 valence electrons. The Hall–Kier alpha value is -1.47. The maximum absolute atomic E-state index is 11.7. The molecule has 1 aromatic heterocycles. The molecule has 0 spiro atoms. The maximum atomic E-state index is 11.7. The summed E-state index contributed by atoms with van der Waals surface area (Å²) < 4.78 is 5.41. The topological polar surface area (TPSA) is 88.5 Å². The number of carbonyl (C=O) groups excluding carboxylic acids is 1. The normalized spacial score (nSPS) is 18.4. The zero-order chi connectivity index (χ0) is 13.7. The van der Waals surface area contributed by atoms with Crippen molar-refractivity contribution in [1.29, 1.82) is 0 Å². The fourth-order valence-electron chi connectivity index (χ4n) is 1.90. The monoisotopic (exact) mass is 284 g/mol. The van der Waals surface area contributed by atoms with Gasteiger partial charge in [0, 0.05) is 18.5 Å². The van der Waals surface area contributed by atoms with Crippen molar-refractivity contribution in [3.8, 4) is 0 Å². The van der Waals surface area contributed by atoms with Crippen LogP contribution < -0.4 is 5.32 Å². The largest absolute Gasteiger partial charge is 0.481 e. The fraction of sp³-hybridized carbons (Fsp3) is 0.583. The molecule has 0 saturated carbocycles. The molecular weight excluding hydrogens is 268 g/mol. The molecule has 1 aromatic rings. The number of hydrogen-bond acceptors (Lipinski definition) is 5. The van der Waals surface area contributed by atoms with Gasteiger partial charge in [0.15, 0.2) is 0 Å². The van der Waals surface area contributed by atoms with Crippen LogP contribution in [0.15, 0.2) is 5.38 Å². The second-order valence-electron chi connectivity index (χ2n) is 4.42. The van der Waals surface area contributed by atoms with Gasteiger partial charge >= 0.3 is 5.97 Å². The van der Waals surface area contributed by atoms with Gasteiger partial charge in [0.05, 0.1) is 24.6 Å². The molecule has 7 heteroatoms. The van der Waals surface area contributed by atoms with Crippen LogP contribution in [0.1, 0.15) is 23.5 Å². The molecule has 2 rings (SSSR count). The predicted molar refractivity (Wildman–Crippen MR) is 69.1 cm³/mol. The predicted octanol–water partition coefficient (Wildman–Crippen LogP) is 0.608. The van der Waals surface area contributed by atoms with Crippen LogP contribution in [0.25, 0.3) is 0 Å². The van der Waals surface area contributed by atoms with Crippen molar-refractivity contribution in [2.45, 2.75) is 31.8 Å². The molecule has 0 aromatic carbocycles. The lowest BCUT2D eigenvalue weighted by atomic mass is 10.2. The SMILES string of the molecule is O=C(O)Cc1csc(CC(=O)NCC2CCCO2)n1. The van der Waals surface area contributed by atoms with Gasteiger partial charge in [-0.05, 0) is 12.8 Å². The van der Waals surface area contributed by atoms with E-state index in [4.69, 9.17) is 9.84 Å². The zero-order valence-electron chi connectivity index (χ0n) is 10.4. The highest BCUT2D eigenvalue weighted by atomic mass is 32.1. The van der Waals surface area contributed by atoms with Gasteiger partial charge in [-0.1, -0.05) is 0 Å². The lowest BCUT2D eigenvalue weighted by molar-refractivity contribution is -0.136. The first-order valence-corrected chi connectivity index (χ1v) is 7.05. The molecule has 2 N–H and O–H groups in total. The van der Waals surface area contributed by atoms with Gasteiger partial charge in [-0.2, -0.15) is 0 Å². The second kappa shape index (κ2) is 6.63. The standard InChI is InChI=1S/C12H16N2O4S/c15-10(13-6-9-2-1-3-18-9)5-11-14-8(7-19-11)4-12(16)17/h7,9H,1-6H2,(H,13,15)(H,16,17). The van der Waals surface area contributed by atoms with Gasteiger partial charge in [-0.25, -0.2) is 4.98 Å². The van der Waals surface area contributed by atoms with Gasteiger partial charge in [-0.15, -0.1) is 11.3 Å². The van der Waals surface area contributed by atoms with E-state index >= 15 is 0 Å². The molecule has 1 atom stereocenters. The van der Waals surface area contributed by atoms with Crippen molar-refractivity contribution in [3.63, 3.8) is 0 Å². The van der Waals surface area contributed by atoms with Gasteiger partial charge in [0.2, 0.25) is 5.91 Å². The molecule has 6 nitrogen and oxygen atoms in total. The molecule has 1 aliphatic rings. The Kier molecular flexibility index (Phi) is 4.86.